The van der Waals surface area contributed by atoms with Gasteiger partial charge < -0.3 is 35.3 Å². The van der Waals surface area contributed by atoms with Gasteiger partial charge in [0.25, 0.3) is 15.7 Å². The van der Waals surface area contributed by atoms with E-state index in [0.29, 0.717) is 19.4 Å². The number of nitrogens with two attached hydrogens (primary N) is 2. The average molecular weight is 843 g/mol. The lowest BCUT2D eigenvalue weighted by Gasteiger charge is -2.43. The molecule has 5 N–H and O–H groups in total. The molecular weight excluding hydrogens is 777 g/mol. The standard InChI is InChI=1S/C37H66N6O10SSi2/c1-23(2)28(39)32(46)41-18-14-16-25(41)30(44)40-17-15-19-42-31(45)24(3)20-43(34(42)47)33-29(52-56(12,13)36(7,8)9)37(26(38)22-54(48,49)53-37)27(51-33)21-50-55(10,11)35(4,5)6/h20,22-23,25,27-29,33H,14-19,21,38-39H2,1-13H3,(H,40,44)/t25-,27?,28-,29?,33?,37?/m0/s1. The van der Waals surface area contributed by atoms with Gasteiger partial charge in [0.1, 0.15) is 18.2 Å². The second-order valence-electron chi connectivity index (χ2n) is 18.9. The molecule has 0 saturated carbocycles. The summed E-state index contributed by atoms with van der Waals surface area (Å²) in [6.45, 7) is 26.1. The van der Waals surface area contributed by atoms with Crippen LogP contribution in [0.3, 0.4) is 0 Å². The van der Waals surface area contributed by atoms with Crippen LogP contribution in [0.25, 0.3) is 0 Å². The molecule has 318 valence electrons. The molecule has 1 aromatic heterocycles. The molecule has 56 heavy (non-hydrogen) atoms. The lowest BCUT2D eigenvalue weighted by atomic mass is 9.89. The molecule has 1 aromatic rings. The van der Waals surface area contributed by atoms with Gasteiger partial charge in [0, 0.05) is 31.4 Å². The van der Waals surface area contributed by atoms with Gasteiger partial charge in [0.15, 0.2) is 28.5 Å². The van der Waals surface area contributed by atoms with Crippen LogP contribution in [0.2, 0.25) is 36.3 Å². The summed E-state index contributed by atoms with van der Waals surface area (Å²) in [5, 5.41) is 3.17. The Bertz CT molecular complexity index is 1920. The number of hydrogen-bond donors (Lipinski definition) is 3. The quantitative estimate of drug-likeness (QED) is 0.149. The van der Waals surface area contributed by atoms with Crippen LogP contribution in [0.1, 0.15) is 86.4 Å². The maximum absolute atomic E-state index is 14.4. The van der Waals surface area contributed by atoms with E-state index in [1.54, 1.807) is 6.92 Å². The van der Waals surface area contributed by atoms with E-state index in [4.69, 9.17) is 29.2 Å². The number of nitrogens with zero attached hydrogens (tertiary/aromatic N) is 3. The van der Waals surface area contributed by atoms with Crippen LogP contribution in [-0.2, 0) is 44.0 Å². The number of amides is 2. The molecule has 2 fully saturated rings. The molecular formula is C37H66N6O10SSi2. The number of carbonyl (C=O) groups is 2. The number of aromatic nitrogens is 2. The molecule has 0 bridgehead atoms. The third-order valence-corrected chi connectivity index (χ3v) is 22.4. The Hall–Kier alpha value is -2.66. The molecule has 4 unspecified atom stereocenters. The van der Waals surface area contributed by atoms with Crippen molar-refractivity contribution in [2.45, 2.75) is 161 Å². The van der Waals surface area contributed by atoms with E-state index in [1.807, 2.05) is 47.7 Å². The molecule has 0 aromatic carbocycles. The summed E-state index contributed by atoms with van der Waals surface area (Å²) in [5.74, 6) is -0.659. The van der Waals surface area contributed by atoms with Crippen molar-refractivity contribution in [1.29, 1.82) is 0 Å². The molecule has 2 saturated heterocycles. The highest BCUT2D eigenvalue weighted by molar-refractivity contribution is 7.90. The SMILES string of the molecule is Cc1cn(C2OC(CO[Si](C)(C)C(C)(C)C)C3(OS(=O)(=O)C=C3N)C2O[Si](C)(C)C(C)(C)C)c(=O)n(CCCNC(=O)[C@@H]2CCCN2C(=O)[C@@H](N)C(C)C)c1=O. The number of nitrogens with one attached hydrogen (secondary N) is 1. The Morgan fingerprint density at radius 2 is 1.68 bits per heavy atom. The first kappa shape index (κ1) is 46.0. The fourth-order valence-corrected chi connectivity index (χ4v) is 10.2. The number of hydrogen-bond acceptors (Lipinski definition) is 12. The second-order valence-corrected chi connectivity index (χ2v) is 29.8. The predicted octanol–water partition coefficient (Wildman–Crippen LogP) is 3.01. The summed E-state index contributed by atoms with van der Waals surface area (Å²) >= 11 is 0. The zero-order valence-corrected chi connectivity index (χ0v) is 38.4. The molecule has 4 rings (SSSR count). The lowest BCUT2D eigenvalue weighted by molar-refractivity contribution is -0.140. The molecule has 0 aliphatic carbocycles. The predicted molar refractivity (Wildman–Crippen MR) is 219 cm³/mol. The van der Waals surface area contributed by atoms with E-state index in [-0.39, 0.29) is 65.2 Å². The van der Waals surface area contributed by atoms with Gasteiger partial charge in [-0.15, -0.1) is 0 Å². The van der Waals surface area contributed by atoms with Crippen LogP contribution >= 0.6 is 0 Å². The van der Waals surface area contributed by atoms with Crippen molar-refractivity contribution in [3.63, 3.8) is 0 Å². The van der Waals surface area contributed by atoms with Gasteiger partial charge >= 0.3 is 5.69 Å². The van der Waals surface area contributed by atoms with Crippen molar-refractivity contribution in [2.24, 2.45) is 17.4 Å². The molecule has 3 aliphatic rings. The summed E-state index contributed by atoms with van der Waals surface area (Å²) in [6.07, 6.45) is -0.846. The topological polar surface area (TPSA) is 217 Å². The van der Waals surface area contributed by atoms with Gasteiger partial charge in [0.05, 0.1) is 23.8 Å². The van der Waals surface area contributed by atoms with Gasteiger partial charge in [-0.3, -0.25) is 23.5 Å². The minimum atomic E-state index is -4.29. The van der Waals surface area contributed by atoms with E-state index in [9.17, 15) is 27.6 Å². The Kier molecular flexibility index (Phi) is 13.3. The molecule has 1 spiro atoms. The normalized spacial score (nSPS) is 26.3. The molecule has 0 radical (unpaired) electrons. The highest BCUT2D eigenvalue weighted by atomic mass is 32.2. The summed E-state index contributed by atoms with van der Waals surface area (Å²) in [6, 6.07) is -1.35. The molecule has 4 heterocycles. The maximum Gasteiger partial charge on any atom is 0.333 e. The first-order valence-electron chi connectivity index (χ1n) is 19.6. The average Bonchev–Trinajstić information content (AvgIpc) is 3.73. The van der Waals surface area contributed by atoms with Crippen molar-refractivity contribution >= 4 is 38.6 Å². The monoisotopic (exact) mass is 842 g/mol. The van der Waals surface area contributed by atoms with Gasteiger partial charge in [-0.25, -0.2) is 8.98 Å². The summed E-state index contributed by atoms with van der Waals surface area (Å²) in [7, 11) is -9.51. The maximum atomic E-state index is 14.4. The minimum Gasteiger partial charge on any atom is -0.414 e. The van der Waals surface area contributed by atoms with Crippen molar-refractivity contribution in [2.75, 3.05) is 19.7 Å². The van der Waals surface area contributed by atoms with Crippen molar-refractivity contribution in [3.05, 3.63) is 43.7 Å². The number of carbonyl (C=O) groups excluding carboxylic acids is 2. The smallest absolute Gasteiger partial charge is 0.333 e. The van der Waals surface area contributed by atoms with Gasteiger partial charge in [-0.2, -0.15) is 8.42 Å². The highest BCUT2D eigenvalue weighted by Crippen LogP contribution is 2.52. The minimum absolute atomic E-state index is 0.0540. The fourth-order valence-electron chi connectivity index (χ4n) is 6.70. The third kappa shape index (κ3) is 8.99. The summed E-state index contributed by atoms with van der Waals surface area (Å²) in [4.78, 5) is 55.6. The number of likely N-dealkylation sites (tertiary alicyclic amines) is 1. The van der Waals surface area contributed by atoms with E-state index in [0.717, 1.165) is 9.98 Å². The van der Waals surface area contributed by atoms with Gasteiger partial charge in [-0.05, 0) is 68.4 Å². The Labute approximate surface area is 334 Å². The van der Waals surface area contributed by atoms with E-state index >= 15 is 0 Å². The zero-order chi connectivity index (χ0) is 42.6. The Morgan fingerprint density at radius 1 is 1.07 bits per heavy atom. The van der Waals surface area contributed by atoms with Crippen LogP contribution in [0.15, 0.2) is 26.9 Å². The van der Waals surface area contributed by atoms with Gasteiger partial charge in [0.2, 0.25) is 11.8 Å². The van der Waals surface area contributed by atoms with E-state index < -0.39 is 74.1 Å². The van der Waals surface area contributed by atoms with Crippen molar-refractivity contribution in [1.82, 2.24) is 19.4 Å². The molecule has 19 heteroatoms. The van der Waals surface area contributed by atoms with Crippen LogP contribution in [0.4, 0.5) is 0 Å². The lowest BCUT2D eigenvalue weighted by Crippen LogP contribution is -2.59. The summed E-state index contributed by atoms with van der Waals surface area (Å²) in [5.41, 5.74) is 9.68. The van der Waals surface area contributed by atoms with Crippen LogP contribution in [-0.4, -0.2) is 100 Å². The summed E-state index contributed by atoms with van der Waals surface area (Å²) < 4.78 is 54.8. The van der Waals surface area contributed by atoms with Crippen LogP contribution < -0.4 is 28.0 Å². The first-order valence-corrected chi connectivity index (χ1v) is 26.8. The van der Waals surface area contributed by atoms with Crippen LogP contribution in [0.5, 0.6) is 0 Å². The number of aryl methyl sites for hydroxylation is 1. The fraction of sp³-hybridized carbons (Fsp3) is 0.784. The first-order chi connectivity index (χ1) is 25.5. The van der Waals surface area contributed by atoms with Crippen molar-refractivity contribution < 1.29 is 35.8 Å². The molecule has 16 nitrogen and oxygen atoms in total. The zero-order valence-electron chi connectivity index (χ0n) is 35.6. The number of ether oxygens (including phenoxy) is 1. The van der Waals surface area contributed by atoms with E-state index in [2.05, 4.69) is 39.2 Å². The number of rotatable bonds is 13. The van der Waals surface area contributed by atoms with Crippen LogP contribution in [0, 0.1) is 12.8 Å². The molecule has 6 atom stereocenters. The molecule has 3 aliphatic heterocycles. The van der Waals surface area contributed by atoms with Gasteiger partial charge in [-0.1, -0.05) is 55.4 Å². The van der Waals surface area contributed by atoms with E-state index in [1.165, 1.54) is 15.7 Å². The second kappa shape index (κ2) is 16.2. The Morgan fingerprint density at radius 3 is 2.21 bits per heavy atom. The Balaban J connectivity index is 1.69. The van der Waals surface area contributed by atoms with Crippen molar-refractivity contribution in [3.8, 4) is 0 Å². The third-order valence-electron chi connectivity index (χ3n) is 12.4. The highest BCUT2D eigenvalue weighted by Gasteiger charge is 2.67. The largest absolute Gasteiger partial charge is 0.414 e. The molecule has 2 amide bonds.